The molecule has 2 aromatic rings. The molecule has 0 aromatic heterocycles. The van der Waals surface area contributed by atoms with Crippen LogP contribution in [0.5, 0.6) is 5.75 Å². The third-order valence-corrected chi connectivity index (χ3v) is 2.97. The van der Waals surface area contributed by atoms with E-state index >= 15 is 0 Å². The summed E-state index contributed by atoms with van der Waals surface area (Å²) >= 11 is 0. The van der Waals surface area contributed by atoms with Crippen LogP contribution in [-0.2, 0) is 4.79 Å². The Kier molecular flexibility index (Phi) is 4.18. The van der Waals surface area contributed by atoms with E-state index in [2.05, 4.69) is 0 Å². The second kappa shape index (κ2) is 6.04. The SMILES string of the molecule is C[C@@H](Oc1ccc2ccccc2c1C=O)C(=O)NC(N)=O. The van der Waals surface area contributed by atoms with Crippen LogP contribution in [0.2, 0.25) is 0 Å². The van der Waals surface area contributed by atoms with Crippen molar-refractivity contribution >= 4 is 29.0 Å². The molecule has 0 unspecified atom stereocenters. The first-order valence-electron chi connectivity index (χ1n) is 6.27. The van der Waals surface area contributed by atoms with Gasteiger partial charge in [-0.2, -0.15) is 0 Å². The summed E-state index contributed by atoms with van der Waals surface area (Å²) in [5.41, 5.74) is 5.23. The van der Waals surface area contributed by atoms with Crippen molar-refractivity contribution in [3.63, 3.8) is 0 Å². The van der Waals surface area contributed by atoms with E-state index in [4.69, 9.17) is 10.5 Å². The van der Waals surface area contributed by atoms with Crippen molar-refractivity contribution in [2.45, 2.75) is 13.0 Å². The second-order valence-corrected chi connectivity index (χ2v) is 4.43. The lowest BCUT2D eigenvalue weighted by Gasteiger charge is -2.15. The van der Waals surface area contributed by atoms with Gasteiger partial charge in [-0.15, -0.1) is 0 Å². The molecular weight excluding hydrogens is 272 g/mol. The Morgan fingerprint density at radius 3 is 2.62 bits per heavy atom. The van der Waals surface area contributed by atoms with Crippen LogP contribution in [0.15, 0.2) is 36.4 Å². The van der Waals surface area contributed by atoms with Gasteiger partial charge in [-0.3, -0.25) is 14.9 Å². The Morgan fingerprint density at radius 2 is 1.95 bits per heavy atom. The number of aldehydes is 1. The van der Waals surface area contributed by atoms with E-state index < -0.39 is 18.0 Å². The van der Waals surface area contributed by atoms with Gasteiger partial charge < -0.3 is 10.5 Å². The van der Waals surface area contributed by atoms with E-state index in [0.717, 1.165) is 10.8 Å². The molecule has 0 fully saturated rings. The monoisotopic (exact) mass is 286 g/mol. The van der Waals surface area contributed by atoms with Gasteiger partial charge in [-0.1, -0.05) is 30.3 Å². The van der Waals surface area contributed by atoms with E-state index in [0.29, 0.717) is 11.8 Å². The van der Waals surface area contributed by atoms with Crippen LogP contribution in [0.1, 0.15) is 17.3 Å². The number of nitrogens with two attached hydrogens (primary N) is 1. The number of imide groups is 1. The van der Waals surface area contributed by atoms with Gasteiger partial charge in [0.15, 0.2) is 12.4 Å². The lowest BCUT2D eigenvalue weighted by Crippen LogP contribution is -2.42. The number of primary amides is 1. The van der Waals surface area contributed by atoms with Gasteiger partial charge in [0.2, 0.25) is 0 Å². The average Bonchev–Trinajstić information content (AvgIpc) is 2.46. The number of amides is 3. The highest BCUT2D eigenvalue weighted by Gasteiger charge is 2.18. The van der Waals surface area contributed by atoms with Gasteiger partial charge in [0, 0.05) is 0 Å². The molecule has 0 aliphatic carbocycles. The molecule has 2 rings (SSSR count). The Balaban J connectivity index is 2.32. The number of benzene rings is 2. The van der Waals surface area contributed by atoms with Crippen molar-refractivity contribution in [1.82, 2.24) is 5.32 Å². The maximum Gasteiger partial charge on any atom is 0.318 e. The van der Waals surface area contributed by atoms with Gasteiger partial charge in [-0.05, 0) is 23.8 Å². The molecule has 2 aromatic carbocycles. The molecule has 0 radical (unpaired) electrons. The predicted octanol–water partition coefficient (Wildman–Crippen LogP) is 1.61. The first kappa shape index (κ1) is 14.5. The number of ether oxygens (including phenoxy) is 1. The Labute approximate surface area is 120 Å². The van der Waals surface area contributed by atoms with Crippen molar-refractivity contribution in [2.24, 2.45) is 5.73 Å². The number of hydrogen-bond donors (Lipinski definition) is 2. The van der Waals surface area contributed by atoms with Crippen LogP contribution in [0.3, 0.4) is 0 Å². The standard InChI is InChI=1S/C15H14N2O4/c1-9(14(19)17-15(16)20)21-13-7-6-10-4-2-3-5-11(10)12(13)8-18/h2-9H,1H3,(H3,16,17,19,20)/t9-/m1/s1. The second-order valence-electron chi connectivity index (χ2n) is 4.43. The van der Waals surface area contributed by atoms with Crippen LogP contribution in [0, 0.1) is 0 Å². The topological polar surface area (TPSA) is 98.5 Å². The molecule has 0 saturated carbocycles. The van der Waals surface area contributed by atoms with Gasteiger partial charge in [-0.25, -0.2) is 4.79 Å². The number of rotatable bonds is 4. The average molecular weight is 286 g/mol. The molecule has 0 aliphatic heterocycles. The first-order chi connectivity index (χ1) is 10.0. The molecule has 0 spiro atoms. The van der Waals surface area contributed by atoms with Crippen molar-refractivity contribution in [3.8, 4) is 5.75 Å². The maximum absolute atomic E-state index is 11.6. The van der Waals surface area contributed by atoms with Crippen LogP contribution in [0.25, 0.3) is 10.8 Å². The zero-order valence-electron chi connectivity index (χ0n) is 11.3. The predicted molar refractivity (Wildman–Crippen MR) is 77.2 cm³/mol. The Bertz CT molecular complexity index is 712. The number of carbonyl (C=O) groups is 3. The summed E-state index contributed by atoms with van der Waals surface area (Å²) in [4.78, 5) is 33.6. The molecule has 0 saturated heterocycles. The first-order valence-corrected chi connectivity index (χ1v) is 6.27. The van der Waals surface area contributed by atoms with Crippen LogP contribution >= 0.6 is 0 Å². The number of nitrogens with one attached hydrogen (secondary N) is 1. The molecule has 21 heavy (non-hydrogen) atoms. The van der Waals surface area contributed by atoms with E-state index in [1.54, 1.807) is 18.2 Å². The molecule has 3 N–H and O–H groups in total. The van der Waals surface area contributed by atoms with Crippen LogP contribution in [0.4, 0.5) is 4.79 Å². The van der Waals surface area contributed by atoms with Gasteiger partial charge >= 0.3 is 6.03 Å². The van der Waals surface area contributed by atoms with Crippen molar-refractivity contribution in [3.05, 3.63) is 42.0 Å². The molecule has 0 aliphatic rings. The lowest BCUT2D eigenvalue weighted by atomic mass is 10.0. The fourth-order valence-corrected chi connectivity index (χ4v) is 1.97. The molecule has 1 atom stereocenters. The zero-order valence-corrected chi connectivity index (χ0v) is 11.3. The third-order valence-electron chi connectivity index (χ3n) is 2.97. The van der Waals surface area contributed by atoms with E-state index in [1.165, 1.54) is 6.92 Å². The fraction of sp³-hybridized carbons (Fsp3) is 0.133. The molecule has 3 amide bonds. The van der Waals surface area contributed by atoms with Crippen molar-refractivity contribution in [1.29, 1.82) is 0 Å². The molecule has 108 valence electrons. The minimum Gasteiger partial charge on any atom is -0.480 e. The van der Waals surface area contributed by atoms with Crippen LogP contribution in [-0.4, -0.2) is 24.3 Å². The highest BCUT2D eigenvalue weighted by Crippen LogP contribution is 2.27. The maximum atomic E-state index is 11.6. The van der Waals surface area contributed by atoms with Gasteiger partial charge in [0.25, 0.3) is 5.91 Å². The minimum absolute atomic E-state index is 0.274. The summed E-state index contributed by atoms with van der Waals surface area (Å²) < 4.78 is 5.46. The zero-order chi connectivity index (χ0) is 15.4. The summed E-state index contributed by atoms with van der Waals surface area (Å²) in [5, 5.41) is 3.54. The Hall–Kier alpha value is -2.89. The summed E-state index contributed by atoms with van der Waals surface area (Å²) in [6.07, 6.45) is -0.284. The minimum atomic E-state index is -0.961. The quantitative estimate of drug-likeness (QED) is 0.834. The highest BCUT2D eigenvalue weighted by atomic mass is 16.5. The summed E-state index contributed by atoms with van der Waals surface area (Å²) in [7, 11) is 0. The molecule has 0 bridgehead atoms. The number of hydrogen-bond acceptors (Lipinski definition) is 4. The van der Waals surface area contributed by atoms with E-state index in [-0.39, 0.29) is 5.75 Å². The van der Waals surface area contributed by atoms with Gasteiger partial charge in [0.05, 0.1) is 5.56 Å². The summed E-state index contributed by atoms with van der Waals surface area (Å²) in [6.45, 7) is 1.46. The molecule has 0 heterocycles. The largest absolute Gasteiger partial charge is 0.480 e. The smallest absolute Gasteiger partial charge is 0.318 e. The summed E-state index contributed by atoms with van der Waals surface area (Å²) in [5.74, 6) is -0.400. The summed E-state index contributed by atoms with van der Waals surface area (Å²) in [6, 6.07) is 9.78. The number of fused-ring (bicyclic) bond motifs is 1. The van der Waals surface area contributed by atoms with Crippen LogP contribution < -0.4 is 15.8 Å². The normalized spacial score (nSPS) is 11.7. The van der Waals surface area contributed by atoms with Gasteiger partial charge in [0.1, 0.15) is 5.75 Å². The molecular formula is C15H14N2O4. The number of carbonyl (C=O) groups excluding carboxylic acids is 3. The third kappa shape index (κ3) is 3.17. The fourth-order valence-electron chi connectivity index (χ4n) is 1.97. The highest BCUT2D eigenvalue weighted by molar-refractivity contribution is 6.01. The number of urea groups is 1. The lowest BCUT2D eigenvalue weighted by molar-refractivity contribution is -0.126. The van der Waals surface area contributed by atoms with Crippen molar-refractivity contribution < 1.29 is 19.1 Å². The molecule has 6 heteroatoms. The van der Waals surface area contributed by atoms with Crippen molar-refractivity contribution in [2.75, 3.05) is 0 Å². The van der Waals surface area contributed by atoms with E-state index in [9.17, 15) is 14.4 Å². The molecule has 6 nitrogen and oxygen atoms in total. The Morgan fingerprint density at radius 1 is 1.24 bits per heavy atom. The van der Waals surface area contributed by atoms with E-state index in [1.807, 2.05) is 23.5 Å².